The lowest BCUT2D eigenvalue weighted by atomic mass is 9.99. The molecule has 2 aromatic carbocycles. The van der Waals surface area contributed by atoms with Crippen molar-refractivity contribution in [2.75, 3.05) is 5.73 Å². The van der Waals surface area contributed by atoms with E-state index in [1.54, 1.807) is 18.3 Å². The first kappa shape index (κ1) is 14.8. The third-order valence-corrected chi connectivity index (χ3v) is 4.15. The van der Waals surface area contributed by atoms with Gasteiger partial charge in [-0.25, -0.2) is 0 Å². The maximum absolute atomic E-state index is 8.98. The lowest BCUT2D eigenvalue weighted by molar-refractivity contribution is 1.02. The number of aryl methyl sites for hydroxylation is 1. The number of anilines is 1. The number of aromatic nitrogens is 4. The second kappa shape index (κ2) is 5.73. The van der Waals surface area contributed by atoms with E-state index in [1.165, 1.54) is 0 Å². The minimum atomic E-state index is 0.594. The van der Waals surface area contributed by atoms with E-state index >= 15 is 0 Å². The van der Waals surface area contributed by atoms with Crippen molar-refractivity contribution < 1.29 is 0 Å². The van der Waals surface area contributed by atoms with Crippen molar-refractivity contribution in [3.63, 3.8) is 0 Å². The van der Waals surface area contributed by atoms with Crippen LogP contribution in [0, 0.1) is 18.3 Å². The van der Waals surface area contributed by atoms with Gasteiger partial charge >= 0.3 is 0 Å². The standard InChI is InChI=1S/C19H14N6/c1-11-2-7-14(16(21)8-11)18-17-15(10-22-24-19(17)25-23-18)13-5-3-12(9-20)4-6-13/h2-8,10H,21H2,1H3,(H,23,24,25). The average Bonchev–Trinajstić information content (AvgIpc) is 3.06. The zero-order chi connectivity index (χ0) is 17.4. The van der Waals surface area contributed by atoms with Crippen LogP contribution in [0.1, 0.15) is 11.1 Å². The molecule has 0 saturated carbocycles. The first-order valence-corrected chi connectivity index (χ1v) is 7.74. The molecule has 0 unspecified atom stereocenters. The predicted molar refractivity (Wildman–Crippen MR) is 96.4 cm³/mol. The number of fused-ring (bicyclic) bond motifs is 1. The number of nitrogens with two attached hydrogens (primary N) is 1. The molecule has 0 radical (unpaired) electrons. The van der Waals surface area contributed by atoms with E-state index in [2.05, 4.69) is 26.5 Å². The summed E-state index contributed by atoms with van der Waals surface area (Å²) in [7, 11) is 0. The minimum absolute atomic E-state index is 0.594. The van der Waals surface area contributed by atoms with Crippen LogP contribution in [0.25, 0.3) is 33.4 Å². The molecular formula is C19H14N6. The Labute approximate surface area is 143 Å². The van der Waals surface area contributed by atoms with Crippen LogP contribution >= 0.6 is 0 Å². The third kappa shape index (κ3) is 2.48. The monoisotopic (exact) mass is 326 g/mol. The molecule has 0 spiro atoms. The zero-order valence-corrected chi connectivity index (χ0v) is 13.5. The number of hydrogen-bond acceptors (Lipinski definition) is 5. The van der Waals surface area contributed by atoms with Crippen molar-refractivity contribution in [3.8, 4) is 28.5 Å². The van der Waals surface area contributed by atoms with E-state index < -0.39 is 0 Å². The van der Waals surface area contributed by atoms with E-state index in [0.717, 1.165) is 33.3 Å². The zero-order valence-electron chi connectivity index (χ0n) is 13.5. The quantitative estimate of drug-likeness (QED) is 0.549. The molecule has 0 fully saturated rings. The molecule has 0 aliphatic rings. The highest BCUT2D eigenvalue weighted by atomic mass is 15.2. The highest BCUT2D eigenvalue weighted by Gasteiger charge is 2.17. The van der Waals surface area contributed by atoms with Gasteiger partial charge in [-0.3, -0.25) is 5.10 Å². The van der Waals surface area contributed by atoms with Gasteiger partial charge in [0.05, 0.1) is 23.2 Å². The molecule has 0 amide bonds. The van der Waals surface area contributed by atoms with Gasteiger partial charge in [-0.05, 0) is 36.2 Å². The number of nitrogens with one attached hydrogen (secondary N) is 1. The minimum Gasteiger partial charge on any atom is -0.398 e. The smallest absolute Gasteiger partial charge is 0.179 e. The lowest BCUT2D eigenvalue weighted by Crippen LogP contribution is -1.93. The Hall–Kier alpha value is -3.72. The maximum atomic E-state index is 8.98. The molecule has 4 aromatic rings. The molecule has 0 aliphatic carbocycles. The van der Waals surface area contributed by atoms with Gasteiger partial charge in [-0.15, -0.1) is 5.10 Å². The van der Waals surface area contributed by atoms with Crippen LogP contribution in [0.4, 0.5) is 5.69 Å². The van der Waals surface area contributed by atoms with Crippen molar-refractivity contribution in [2.45, 2.75) is 6.92 Å². The largest absolute Gasteiger partial charge is 0.398 e. The Morgan fingerprint density at radius 3 is 2.60 bits per heavy atom. The Bertz CT molecular complexity index is 1120. The maximum Gasteiger partial charge on any atom is 0.179 e. The van der Waals surface area contributed by atoms with Crippen molar-refractivity contribution in [3.05, 3.63) is 59.8 Å². The van der Waals surface area contributed by atoms with E-state index in [0.29, 0.717) is 16.9 Å². The van der Waals surface area contributed by atoms with Crippen LogP contribution in [0.5, 0.6) is 0 Å². The molecule has 6 heteroatoms. The summed E-state index contributed by atoms with van der Waals surface area (Å²) >= 11 is 0. The highest BCUT2D eigenvalue weighted by molar-refractivity contribution is 6.03. The van der Waals surface area contributed by atoms with Gasteiger partial charge < -0.3 is 5.73 Å². The lowest BCUT2D eigenvalue weighted by Gasteiger charge is -2.07. The Morgan fingerprint density at radius 1 is 1.08 bits per heavy atom. The van der Waals surface area contributed by atoms with E-state index in [1.807, 2.05) is 37.3 Å². The molecule has 0 atom stereocenters. The molecule has 4 rings (SSSR count). The van der Waals surface area contributed by atoms with Gasteiger partial charge in [0.2, 0.25) is 0 Å². The fourth-order valence-electron chi connectivity index (χ4n) is 2.91. The molecule has 120 valence electrons. The summed E-state index contributed by atoms with van der Waals surface area (Å²) in [5.74, 6) is 0. The van der Waals surface area contributed by atoms with Crippen molar-refractivity contribution in [1.29, 1.82) is 5.26 Å². The summed E-state index contributed by atoms with van der Waals surface area (Å²) in [6.45, 7) is 2.00. The van der Waals surface area contributed by atoms with Crippen LogP contribution in [0.3, 0.4) is 0 Å². The van der Waals surface area contributed by atoms with Crippen LogP contribution in [-0.4, -0.2) is 20.4 Å². The summed E-state index contributed by atoms with van der Waals surface area (Å²) in [5.41, 5.74) is 12.6. The fraction of sp³-hybridized carbons (Fsp3) is 0.0526. The van der Waals surface area contributed by atoms with Crippen LogP contribution < -0.4 is 5.73 Å². The number of nitrogen functional groups attached to an aromatic ring is 1. The van der Waals surface area contributed by atoms with Gasteiger partial charge in [0.1, 0.15) is 5.69 Å². The molecule has 0 saturated heterocycles. The SMILES string of the molecule is Cc1ccc(-c2n[nH]c3nncc(-c4ccc(C#N)cc4)c23)c(N)c1. The summed E-state index contributed by atoms with van der Waals surface area (Å²) in [5, 5.41) is 25.4. The van der Waals surface area contributed by atoms with Gasteiger partial charge in [-0.2, -0.15) is 15.5 Å². The predicted octanol–water partition coefficient (Wildman–Crippen LogP) is 3.45. The number of nitrogens with zero attached hydrogens (tertiary/aromatic N) is 4. The second-order valence-corrected chi connectivity index (χ2v) is 5.83. The van der Waals surface area contributed by atoms with Gasteiger partial charge in [0.15, 0.2) is 5.65 Å². The van der Waals surface area contributed by atoms with Crippen LogP contribution in [-0.2, 0) is 0 Å². The number of nitriles is 1. The van der Waals surface area contributed by atoms with Crippen molar-refractivity contribution >= 4 is 16.7 Å². The van der Waals surface area contributed by atoms with E-state index in [9.17, 15) is 0 Å². The van der Waals surface area contributed by atoms with Crippen molar-refractivity contribution in [1.82, 2.24) is 20.4 Å². The Balaban J connectivity index is 1.97. The van der Waals surface area contributed by atoms with E-state index in [4.69, 9.17) is 11.0 Å². The molecule has 3 N–H and O–H groups in total. The summed E-state index contributed by atoms with van der Waals surface area (Å²) < 4.78 is 0. The number of H-pyrrole nitrogens is 1. The van der Waals surface area contributed by atoms with Gasteiger partial charge in [0.25, 0.3) is 0 Å². The number of hydrogen-bond donors (Lipinski definition) is 2. The molecule has 0 bridgehead atoms. The summed E-state index contributed by atoms with van der Waals surface area (Å²) in [6, 6.07) is 15.4. The Morgan fingerprint density at radius 2 is 1.88 bits per heavy atom. The van der Waals surface area contributed by atoms with Gasteiger partial charge in [-0.1, -0.05) is 24.3 Å². The normalized spacial score (nSPS) is 10.7. The summed E-state index contributed by atoms with van der Waals surface area (Å²) in [4.78, 5) is 0. The average molecular weight is 326 g/mol. The molecule has 6 nitrogen and oxygen atoms in total. The van der Waals surface area contributed by atoms with Crippen molar-refractivity contribution in [2.24, 2.45) is 0 Å². The number of aromatic amines is 1. The molecule has 0 aliphatic heterocycles. The topological polar surface area (TPSA) is 104 Å². The molecule has 25 heavy (non-hydrogen) atoms. The molecular weight excluding hydrogens is 312 g/mol. The highest BCUT2D eigenvalue weighted by Crippen LogP contribution is 2.36. The number of benzene rings is 2. The van der Waals surface area contributed by atoms with Crippen LogP contribution in [0.2, 0.25) is 0 Å². The van der Waals surface area contributed by atoms with E-state index in [-0.39, 0.29) is 0 Å². The Kier molecular flexibility index (Phi) is 3.40. The molecule has 2 aromatic heterocycles. The third-order valence-electron chi connectivity index (χ3n) is 4.15. The fourth-order valence-corrected chi connectivity index (χ4v) is 2.91. The first-order chi connectivity index (χ1) is 12.2. The summed E-state index contributed by atoms with van der Waals surface area (Å²) in [6.07, 6.45) is 1.70. The number of rotatable bonds is 2. The second-order valence-electron chi connectivity index (χ2n) is 5.83. The van der Waals surface area contributed by atoms with Crippen LogP contribution in [0.15, 0.2) is 48.7 Å². The first-order valence-electron chi connectivity index (χ1n) is 7.74. The van der Waals surface area contributed by atoms with Gasteiger partial charge in [0, 0.05) is 16.8 Å². The molecule has 2 heterocycles.